The van der Waals surface area contributed by atoms with Gasteiger partial charge in [0.05, 0.1) is 6.04 Å². The summed E-state index contributed by atoms with van der Waals surface area (Å²) >= 11 is 5.94. The zero-order valence-electron chi connectivity index (χ0n) is 12.2. The monoisotopic (exact) mass is 291 g/mol. The number of nitrogens with one attached hydrogen (secondary N) is 1. The number of furan rings is 1. The largest absolute Gasteiger partial charge is 0.464 e. The Morgan fingerprint density at radius 2 is 1.85 bits per heavy atom. The molecule has 1 aromatic heterocycles. The number of halogens is 1. The number of hydrogen-bond acceptors (Lipinski definition) is 2. The minimum absolute atomic E-state index is 0.219. The molecule has 0 aliphatic carbocycles. The predicted molar refractivity (Wildman–Crippen MR) is 84.3 cm³/mol. The first-order valence-electron chi connectivity index (χ1n) is 7.29. The number of benzene rings is 1. The maximum absolute atomic E-state index is 5.94. The van der Waals surface area contributed by atoms with Crippen LogP contribution in [0.3, 0.4) is 0 Å². The van der Waals surface area contributed by atoms with Crippen LogP contribution in [0.1, 0.15) is 43.4 Å². The van der Waals surface area contributed by atoms with Crippen LogP contribution in [0.5, 0.6) is 0 Å². The Morgan fingerprint density at radius 1 is 1.10 bits per heavy atom. The Balaban J connectivity index is 2.12. The third-order valence-corrected chi connectivity index (χ3v) is 3.62. The minimum Gasteiger partial charge on any atom is -0.464 e. The van der Waals surface area contributed by atoms with Gasteiger partial charge in [-0.25, -0.2) is 0 Å². The van der Waals surface area contributed by atoms with Gasteiger partial charge in [-0.15, -0.1) is 0 Å². The molecule has 0 saturated carbocycles. The topological polar surface area (TPSA) is 25.2 Å². The molecule has 1 atom stereocenters. The summed E-state index contributed by atoms with van der Waals surface area (Å²) in [5.41, 5.74) is 1.26. The molecule has 0 aliphatic heterocycles. The van der Waals surface area contributed by atoms with Crippen molar-refractivity contribution in [1.82, 2.24) is 5.32 Å². The fourth-order valence-electron chi connectivity index (χ4n) is 2.22. The molecule has 0 bridgehead atoms. The van der Waals surface area contributed by atoms with Crippen molar-refractivity contribution < 1.29 is 4.42 Å². The highest BCUT2D eigenvalue weighted by Gasteiger charge is 2.15. The highest BCUT2D eigenvalue weighted by Crippen LogP contribution is 2.22. The highest BCUT2D eigenvalue weighted by atomic mass is 35.5. The lowest BCUT2D eigenvalue weighted by atomic mass is 10.0. The lowest BCUT2D eigenvalue weighted by Crippen LogP contribution is -2.23. The van der Waals surface area contributed by atoms with E-state index in [0.29, 0.717) is 0 Å². The van der Waals surface area contributed by atoms with Crippen LogP contribution >= 0.6 is 11.6 Å². The van der Waals surface area contributed by atoms with Crippen LogP contribution in [0, 0.1) is 0 Å². The molecule has 2 aromatic rings. The first kappa shape index (κ1) is 15.1. The summed E-state index contributed by atoms with van der Waals surface area (Å²) in [5, 5.41) is 4.34. The maximum atomic E-state index is 5.94. The first-order valence-corrected chi connectivity index (χ1v) is 7.67. The van der Waals surface area contributed by atoms with E-state index in [2.05, 4.69) is 43.4 Å². The lowest BCUT2D eigenvalue weighted by Gasteiger charge is -2.16. The van der Waals surface area contributed by atoms with Gasteiger partial charge in [0, 0.05) is 11.4 Å². The van der Waals surface area contributed by atoms with Gasteiger partial charge in [0.2, 0.25) is 0 Å². The van der Waals surface area contributed by atoms with Gasteiger partial charge >= 0.3 is 0 Å². The summed E-state index contributed by atoms with van der Waals surface area (Å²) < 4.78 is 5.90. The van der Waals surface area contributed by atoms with Crippen molar-refractivity contribution in [3.05, 3.63) is 58.5 Å². The summed E-state index contributed by atoms with van der Waals surface area (Å²) in [5.74, 6) is 2.06. The van der Waals surface area contributed by atoms with Crippen LogP contribution in [0.2, 0.25) is 5.02 Å². The summed E-state index contributed by atoms with van der Waals surface area (Å²) in [6.07, 6.45) is 2.95. The van der Waals surface area contributed by atoms with Gasteiger partial charge in [-0.3, -0.25) is 0 Å². The molecule has 1 heterocycles. The number of rotatable bonds is 7. The second-order valence-electron chi connectivity index (χ2n) is 4.99. The molecule has 1 N–H and O–H groups in total. The number of aryl methyl sites for hydroxylation is 1. The highest BCUT2D eigenvalue weighted by molar-refractivity contribution is 6.30. The SMILES string of the molecule is CCCNC(Cc1ccc(Cl)cc1)c1ccc(CC)o1. The number of hydrogen-bond donors (Lipinski definition) is 1. The summed E-state index contributed by atoms with van der Waals surface area (Å²) in [4.78, 5) is 0. The molecule has 0 aliphatic rings. The van der Waals surface area contributed by atoms with E-state index in [1.807, 2.05) is 12.1 Å². The molecule has 2 nitrogen and oxygen atoms in total. The molecule has 0 spiro atoms. The Morgan fingerprint density at radius 3 is 2.45 bits per heavy atom. The van der Waals surface area contributed by atoms with Crippen molar-refractivity contribution in [2.75, 3.05) is 6.54 Å². The summed E-state index contributed by atoms with van der Waals surface area (Å²) in [6, 6.07) is 12.4. The fourth-order valence-corrected chi connectivity index (χ4v) is 2.35. The molecular weight excluding hydrogens is 270 g/mol. The average molecular weight is 292 g/mol. The molecule has 0 saturated heterocycles. The van der Waals surface area contributed by atoms with Crippen molar-refractivity contribution in [1.29, 1.82) is 0 Å². The first-order chi connectivity index (χ1) is 9.72. The van der Waals surface area contributed by atoms with E-state index in [-0.39, 0.29) is 6.04 Å². The summed E-state index contributed by atoms with van der Waals surface area (Å²) in [7, 11) is 0. The molecular formula is C17H22ClNO. The van der Waals surface area contributed by atoms with E-state index in [4.69, 9.17) is 16.0 Å². The maximum Gasteiger partial charge on any atom is 0.121 e. The normalized spacial score (nSPS) is 12.6. The minimum atomic E-state index is 0.219. The van der Waals surface area contributed by atoms with Crippen LogP contribution in [-0.4, -0.2) is 6.54 Å². The van der Waals surface area contributed by atoms with Crippen molar-refractivity contribution in [2.45, 2.75) is 39.2 Å². The molecule has 0 amide bonds. The Kier molecular flexibility index (Phi) is 5.69. The zero-order chi connectivity index (χ0) is 14.4. The molecule has 0 fully saturated rings. The quantitative estimate of drug-likeness (QED) is 0.794. The molecule has 2 rings (SSSR count). The van der Waals surface area contributed by atoms with E-state index >= 15 is 0 Å². The van der Waals surface area contributed by atoms with Crippen LogP contribution < -0.4 is 5.32 Å². The van der Waals surface area contributed by atoms with Crippen LogP contribution in [-0.2, 0) is 12.8 Å². The predicted octanol–water partition coefficient (Wildman–Crippen LogP) is 4.78. The van der Waals surface area contributed by atoms with E-state index in [1.165, 1.54) is 5.56 Å². The Labute approximate surface area is 126 Å². The molecule has 1 aromatic carbocycles. The average Bonchev–Trinajstić information content (AvgIpc) is 2.94. The standard InChI is InChI=1S/C17H22ClNO/c1-3-11-19-16(17-10-9-15(4-2)20-17)12-13-5-7-14(18)8-6-13/h5-10,16,19H,3-4,11-12H2,1-2H3. The van der Waals surface area contributed by atoms with Crippen molar-refractivity contribution >= 4 is 11.6 Å². The molecule has 108 valence electrons. The second-order valence-corrected chi connectivity index (χ2v) is 5.43. The van der Waals surface area contributed by atoms with Crippen molar-refractivity contribution in [3.63, 3.8) is 0 Å². The fraction of sp³-hybridized carbons (Fsp3) is 0.412. The van der Waals surface area contributed by atoms with E-state index in [0.717, 1.165) is 42.4 Å². The van der Waals surface area contributed by atoms with Crippen LogP contribution in [0.25, 0.3) is 0 Å². The molecule has 1 unspecified atom stereocenters. The van der Waals surface area contributed by atoms with Crippen molar-refractivity contribution in [3.8, 4) is 0 Å². The third kappa shape index (κ3) is 4.12. The summed E-state index contributed by atoms with van der Waals surface area (Å²) in [6.45, 7) is 5.27. The van der Waals surface area contributed by atoms with Gasteiger partial charge in [-0.2, -0.15) is 0 Å². The van der Waals surface area contributed by atoms with Gasteiger partial charge in [0.25, 0.3) is 0 Å². The Bertz CT molecular complexity index is 518. The Hall–Kier alpha value is -1.25. The van der Waals surface area contributed by atoms with E-state index in [1.54, 1.807) is 0 Å². The van der Waals surface area contributed by atoms with Gasteiger partial charge < -0.3 is 9.73 Å². The van der Waals surface area contributed by atoms with E-state index in [9.17, 15) is 0 Å². The van der Waals surface area contributed by atoms with E-state index < -0.39 is 0 Å². The lowest BCUT2D eigenvalue weighted by molar-refractivity contribution is 0.392. The molecule has 0 radical (unpaired) electrons. The van der Waals surface area contributed by atoms with Gasteiger partial charge in [-0.1, -0.05) is 37.6 Å². The van der Waals surface area contributed by atoms with Gasteiger partial charge in [-0.05, 0) is 49.2 Å². The van der Waals surface area contributed by atoms with Crippen molar-refractivity contribution in [2.24, 2.45) is 0 Å². The smallest absolute Gasteiger partial charge is 0.121 e. The van der Waals surface area contributed by atoms with Crippen LogP contribution in [0.4, 0.5) is 0 Å². The molecule has 20 heavy (non-hydrogen) atoms. The van der Waals surface area contributed by atoms with Gasteiger partial charge in [0.1, 0.15) is 11.5 Å². The van der Waals surface area contributed by atoms with Crippen LogP contribution in [0.15, 0.2) is 40.8 Å². The van der Waals surface area contributed by atoms with Gasteiger partial charge in [0.15, 0.2) is 0 Å². The zero-order valence-corrected chi connectivity index (χ0v) is 12.9. The molecule has 3 heteroatoms. The second kappa shape index (κ2) is 7.51. The third-order valence-electron chi connectivity index (χ3n) is 3.37.